The van der Waals surface area contributed by atoms with Gasteiger partial charge >= 0.3 is 0 Å². The van der Waals surface area contributed by atoms with E-state index in [4.69, 9.17) is 27.6 Å². The third kappa shape index (κ3) is 4.23. The second-order valence-corrected chi connectivity index (χ2v) is 8.24. The van der Waals surface area contributed by atoms with Crippen molar-refractivity contribution in [2.45, 2.75) is 6.54 Å². The number of hydrogen-bond acceptors (Lipinski definition) is 6. The number of halogens is 2. The van der Waals surface area contributed by atoms with Gasteiger partial charge in [-0.25, -0.2) is 0 Å². The van der Waals surface area contributed by atoms with Gasteiger partial charge in [-0.2, -0.15) is 0 Å². The summed E-state index contributed by atoms with van der Waals surface area (Å²) < 4.78 is 5.75. The van der Waals surface area contributed by atoms with Crippen molar-refractivity contribution < 1.29 is 18.9 Å². The van der Waals surface area contributed by atoms with Crippen molar-refractivity contribution in [1.29, 1.82) is 0 Å². The van der Waals surface area contributed by atoms with Gasteiger partial charge in [-0.1, -0.05) is 47.5 Å². The Bertz CT molecular complexity index is 1250. The number of carbonyl (C=O) groups is 2. The highest BCUT2D eigenvalue weighted by atomic mass is 35.5. The van der Waals surface area contributed by atoms with Crippen LogP contribution in [0, 0.1) is 10.1 Å². The number of furan rings is 1. The van der Waals surface area contributed by atoms with Crippen LogP contribution in [0.15, 0.2) is 63.9 Å². The maximum absolute atomic E-state index is 12.7. The summed E-state index contributed by atoms with van der Waals surface area (Å²) in [5.74, 6) is 0.256. The highest BCUT2D eigenvalue weighted by molar-refractivity contribution is 8.18. The number of nitro groups is 1. The maximum atomic E-state index is 12.7. The van der Waals surface area contributed by atoms with Gasteiger partial charge in [0.1, 0.15) is 11.5 Å². The number of carbonyl (C=O) groups excluding carboxylic acids is 2. The molecule has 1 aromatic heterocycles. The number of nitrogens with zero attached hydrogens (tertiary/aromatic N) is 2. The molecule has 0 aliphatic carbocycles. The molecule has 4 rings (SSSR count). The van der Waals surface area contributed by atoms with Gasteiger partial charge in [-0.05, 0) is 36.0 Å². The Morgan fingerprint density at radius 1 is 1.06 bits per heavy atom. The number of rotatable bonds is 5. The summed E-state index contributed by atoms with van der Waals surface area (Å²) in [4.78, 5) is 36.9. The molecule has 1 aliphatic rings. The predicted molar refractivity (Wildman–Crippen MR) is 119 cm³/mol. The maximum Gasteiger partial charge on any atom is 0.293 e. The lowest BCUT2D eigenvalue weighted by molar-refractivity contribution is -0.385. The van der Waals surface area contributed by atoms with Gasteiger partial charge in [0.2, 0.25) is 0 Å². The van der Waals surface area contributed by atoms with Crippen LogP contribution in [0.5, 0.6) is 0 Å². The number of imide groups is 1. The van der Waals surface area contributed by atoms with Gasteiger partial charge < -0.3 is 4.42 Å². The Balaban J connectivity index is 1.58. The Kier molecular flexibility index (Phi) is 5.86. The normalized spacial score (nSPS) is 15.2. The van der Waals surface area contributed by atoms with Gasteiger partial charge in [-0.3, -0.25) is 24.6 Å². The summed E-state index contributed by atoms with van der Waals surface area (Å²) in [6.45, 7) is -0.194. The van der Waals surface area contributed by atoms with E-state index in [1.807, 2.05) is 0 Å². The first-order chi connectivity index (χ1) is 14.8. The van der Waals surface area contributed by atoms with Crippen LogP contribution < -0.4 is 0 Å². The van der Waals surface area contributed by atoms with Gasteiger partial charge in [0, 0.05) is 23.3 Å². The Labute approximate surface area is 190 Å². The van der Waals surface area contributed by atoms with Crippen molar-refractivity contribution in [3.8, 4) is 11.3 Å². The molecular weight excluding hydrogens is 463 g/mol. The molecule has 0 N–H and O–H groups in total. The first-order valence-electron chi connectivity index (χ1n) is 8.87. The Hall–Kier alpha value is -3.07. The highest BCUT2D eigenvalue weighted by Gasteiger charge is 2.36. The topological polar surface area (TPSA) is 93.7 Å². The summed E-state index contributed by atoms with van der Waals surface area (Å²) in [6, 6.07) is 14.4. The van der Waals surface area contributed by atoms with E-state index >= 15 is 0 Å². The second-order valence-electron chi connectivity index (χ2n) is 6.46. The minimum absolute atomic E-state index is 0.153. The quantitative estimate of drug-likeness (QED) is 0.241. The zero-order chi connectivity index (χ0) is 22.1. The molecular formula is C21H12Cl2N2O5S. The Morgan fingerprint density at radius 3 is 2.61 bits per heavy atom. The molecule has 156 valence electrons. The van der Waals surface area contributed by atoms with E-state index in [-0.39, 0.29) is 22.7 Å². The van der Waals surface area contributed by atoms with Crippen LogP contribution in [0.25, 0.3) is 17.4 Å². The van der Waals surface area contributed by atoms with Gasteiger partial charge in [0.15, 0.2) is 0 Å². The zero-order valence-corrected chi connectivity index (χ0v) is 17.9. The van der Waals surface area contributed by atoms with Crippen molar-refractivity contribution in [2.24, 2.45) is 0 Å². The van der Waals surface area contributed by atoms with E-state index < -0.39 is 16.1 Å². The van der Waals surface area contributed by atoms with Crippen molar-refractivity contribution in [3.63, 3.8) is 0 Å². The van der Waals surface area contributed by atoms with E-state index in [0.717, 1.165) is 16.7 Å². The largest absolute Gasteiger partial charge is 0.457 e. The fourth-order valence-electron chi connectivity index (χ4n) is 3.03. The molecule has 0 saturated carbocycles. The Morgan fingerprint density at radius 2 is 1.84 bits per heavy atom. The third-order valence-electron chi connectivity index (χ3n) is 4.51. The first-order valence-corrected chi connectivity index (χ1v) is 10.4. The van der Waals surface area contributed by atoms with Crippen LogP contribution in [-0.4, -0.2) is 21.0 Å². The molecule has 0 spiro atoms. The number of benzene rings is 2. The lowest BCUT2D eigenvalue weighted by atomic mass is 10.1. The molecule has 1 fully saturated rings. The van der Waals surface area contributed by atoms with Crippen LogP contribution in [-0.2, 0) is 11.3 Å². The summed E-state index contributed by atoms with van der Waals surface area (Å²) in [6.07, 6.45) is 1.45. The molecule has 0 bridgehead atoms. The van der Waals surface area contributed by atoms with E-state index in [1.165, 1.54) is 24.3 Å². The molecule has 0 radical (unpaired) electrons. The SMILES string of the molecule is O=C1S/C(=C/c2ccc(-c3cccc(Cl)c3Cl)o2)C(=O)N1Cc1ccccc1[N+](=O)[O-]. The summed E-state index contributed by atoms with van der Waals surface area (Å²) in [5, 5.41) is 11.4. The average Bonchev–Trinajstić information content (AvgIpc) is 3.30. The summed E-state index contributed by atoms with van der Waals surface area (Å²) >= 11 is 13.0. The third-order valence-corrected chi connectivity index (χ3v) is 6.23. The molecule has 7 nitrogen and oxygen atoms in total. The highest BCUT2D eigenvalue weighted by Crippen LogP contribution is 2.37. The van der Waals surface area contributed by atoms with E-state index in [1.54, 1.807) is 36.4 Å². The number of amides is 2. The minimum Gasteiger partial charge on any atom is -0.457 e. The molecule has 3 aromatic rings. The molecule has 2 amide bonds. The lowest BCUT2D eigenvalue weighted by Gasteiger charge is -2.12. The minimum atomic E-state index is -0.549. The van der Waals surface area contributed by atoms with Crippen molar-refractivity contribution >= 4 is 57.9 Å². The summed E-state index contributed by atoms with van der Waals surface area (Å²) in [7, 11) is 0. The molecule has 1 saturated heterocycles. The van der Waals surface area contributed by atoms with E-state index in [0.29, 0.717) is 27.1 Å². The van der Waals surface area contributed by atoms with Crippen LogP contribution in [0.1, 0.15) is 11.3 Å². The van der Waals surface area contributed by atoms with Crippen LogP contribution in [0.3, 0.4) is 0 Å². The van der Waals surface area contributed by atoms with Gasteiger partial charge in [-0.15, -0.1) is 0 Å². The smallest absolute Gasteiger partial charge is 0.293 e. The van der Waals surface area contributed by atoms with Crippen molar-refractivity contribution in [2.75, 3.05) is 0 Å². The fourth-order valence-corrected chi connectivity index (χ4v) is 4.24. The predicted octanol–water partition coefficient (Wildman–Crippen LogP) is 6.40. The van der Waals surface area contributed by atoms with Crippen molar-refractivity contribution in [1.82, 2.24) is 4.90 Å². The monoisotopic (exact) mass is 474 g/mol. The number of nitro benzene ring substituents is 1. The molecule has 10 heteroatoms. The van der Waals surface area contributed by atoms with E-state index in [9.17, 15) is 19.7 Å². The van der Waals surface area contributed by atoms with Gasteiger partial charge in [0.05, 0.1) is 26.4 Å². The standard InChI is InChI=1S/C21H12Cl2N2O5S/c22-15-6-3-5-14(19(15)23)17-9-8-13(30-17)10-18-20(26)24(21(27)31-18)11-12-4-1-2-7-16(12)25(28)29/h1-10H,11H2/b18-10+. The number of thioether (sulfide) groups is 1. The van der Waals surface area contributed by atoms with Crippen LogP contribution in [0.4, 0.5) is 10.5 Å². The fraction of sp³-hybridized carbons (Fsp3) is 0.0476. The first kappa shape index (κ1) is 21.2. The number of hydrogen-bond donors (Lipinski definition) is 0. The van der Waals surface area contributed by atoms with Crippen molar-refractivity contribution in [3.05, 3.63) is 91.0 Å². The molecule has 0 atom stereocenters. The van der Waals surface area contributed by atoms with Gasteiger partial charge in [0.25, 0.3) is 16.8 Å². The molecule has 31 heavy (non-hydrogen) atoms. The van der Waals surface area contributed by atoms with Crippen LogP contribution in [0.2, 0.25) is 10.0 Å². The number of para-hydroxylation sites is 1. The second kappa shape index (κ2) is 8.58. The zero-order valence-electron chi connectivity index (χ0n) is 15.6. The molecule has 2 heterocycles. The lowest BCUT2D eigenvalue weighted by Crippen LogP contribution is -2.27. The molecule has 1 aliphatic heterocycles. The van der Waals surface area contributed by atoms with Crippen LogP contribution >= 0.6 is 35.0 Å². The average molecular weight is 475 g/mol. The molecule has 2 aromatic carbocycles. The summed E-state index contributed by atoms with van der Waals surface area (Å²) in [5.41, 5.74) is 0.713. The molecule has 0 unspecified atom stereocenters. The van der Waals surface area contributed by atoms with E-state index in [2.05, 4.69) is 0 Å².